The third-order valence-corrected chi connectivity index (χ3v) is 3.71. The fraction of sp³-hybridized carbons (Fsp3) is 0.105. The average Bonchev–Trinajstić information content (AvgIpc) is 3.02. The van der Waals surface area contributed by atoms with E-state index in [9.17, 15) is 14.9 Å². The zero-order chi connectivity index (χ0) is 18.5. The smallest absolute Gasteiger partial charge is 0.342 e. The number of carbonyl (C=O) groups excluding carboxylic acids is 2. The summed E-state index contributed by atoms with van der Waals surface area (Å²) < 4.78 is 12.4. The van der Waals surface area contributed by atoms with E-state index in [1.54, 1.807) is 28.8 Å². The largest absolute Gasteiger partial charge is 0.483 e. The Morgan fingerprint density at radius 2 is 1.92 bits per heavy atom. The van der Waals surface area contributed by atoms with Crippen LogP contribution in [0, 0.1) is 11.3 Å². The minimum Gasteiger partial charge on any atom is -0.483 e. The molecule has 3 rings (SSSR count). The van der Waals surface area contributed by atoms with Gasteiger partial charge >= 0.3 is 5.97 Å². The highest BCUT2D eigenvalue weighted by Crippen LogP contribution is 2.22. The maximum Gasteiger partial charge on any atom is 0.342 e. The molecule has 1 amide bonds. The van der Waals surface area contributed by atoms with Gasteiger partial charge in [-0.3, -0.25) is 4.79 Å². The molecule has 0 spiro atoms. The van der Waals surface area contributed by atoms with E-state index in [1.807, 2.05) is 24.4 Å². The highest BCUT2D eigenvalue weighted by molar-refractivity contribution is 5.92. The van der Waals surface area contributed by atoms with Gasteiger partial charge in [-0.2, -0.15) is 5.26 Å². The van der Waals surface area contributed by atoms with Gasteiger partial charge in [0, 0.05) is 18.0 Å². The second-order valence-corrected chi connectivity index (χ2v) is 5.46. The monoisotopic (exact) mass is 349 g/mol. The number of hydrogen-bond donors (Lipinski definition) is 1. The normalized spacial score (nSPS) is 10.3. The Morgan fingerprint density at radius 1 is 1.15 bits per heavy atom. The van der Waals surface area contributed by atoms with Gasteiger partial charge in [0.15, 0.2) is 6.61 Å². The molecule has 0 bridgehead atoms. The lowest BCUT2D eigenvalue weighted by Gasteiger charge is -2.09. The van der Waals surface area contributed by atoms with Gasteiger partial charge in [-0.25, -0.2) is 4.79 Å². The molecule has 7 nitrogen and oxygen atoms in total. The summed E-state index contributed by atoms with van der Waals surface area (Å²) in [7, 11) is 0. The number of fused-ring (bicyclic) bond motifs is 1. The zero-order valence-electron chi connectivity index (χ0n) is 13.7. The Labute approximate surface area is 149 Å². The van der Waals surface area contributed by atoms with Crippen molar-refractivity contribution in [2.45, 2.75) is 6.61 Å². The number of ether oxygens (including phenoxy) is 2. The quantitative estimate of drug-likeness (QED) is 0.685. The molecule has 2 heterocycles. The molecule has 130 valence electrons. The Balaban J connectivity index is 1.78. The van der Waals surface area contributed by atoms with E-state index in [4.69, 9.17) is 15.2 Å². The molecule has 2 N–H and O–H groups in total. The van der Waals surface area contributed by atoms with Gasteiger partial charge in [-0.05, 0) is 24.3 Å². The first-order chi connectivity index (χ1) is 12.6. The third-order valence-electron chi connectivity index (χ3n) is 3.71. The number of pyridine rings is 1. The predicted octanol–water partition coefficient (Wildman–Crippen LogP) is 2.03. The summed E-state index contributed by atoms with van der Waals surface area (Å²) in [5.41, 5.74) is 7.03. The first-order valence-electron chi connectivity index (χ1n) is 7.76. The highest BCUT2D eigenvalue weighted by Gasteiger charge is 2.16. The van der Waals surface area contributed by atoms with E-state index >= 15 is 0 Å². The lowest BCUT2D eigenvalue weighted by atomic mass is 10.2. The van der Waals surface area contributed by atoms with Crippen molar-refractivity contribution in [3.05, 3.63) is 71.5 Å². The summed E-state index contributed by atoms with van der Waals surface area (Å²) in [5, 5.41) is 9.39. The maximum atomic E-state index is 12.4. The third kappa shape index (κ3) is 3.49. The van der Waals surface area contributed by atoms with Crippen LogP contribution in [-0.4, -0.2) is 22.9 Å². The first-order valence-corrected chi connectivity index (χ1v) is 7.76. The van der Waals surface area contributed by atoms with Crippen molar-refractivity contribution in [2.24, 2.45) is 5.73 Å². The molecule has 0 aliphatic heterocycles. The van der Waals surface area contributed by atoms with Crippen LogP contribution < -0.4 is 10.5 Å². The molecular weight excluding hydrogens is 334 g/mol. The summed E-state index contributed by atoms with van der Waals surface area (Å²) in [5.74, 6) is -1.06. The summed E-state index contributed by atoms with van der Waals surface area (Å²) >= 11 is 0. The number of primary amides is 1. The molecule has 7 heteroatoms. The molecule has 0 fully saturated rings. The molecule has 2 aromatic heterocycles. The molecule has 0 atom stereocenters. The van der Waals surface area contributed by atoms with Crippen LogP contribution in [0.2, 0.25) is 0 Å². The van der Waals surface area contributed by atoms with Crippen molar-refractivity contribution in [3.8, 4) is 11.8 Å². The van der Waals surface area contributed by atoms with Crippen molar-refractivity contribution >= 4 is 17.4 Å². The van der Waals surface area contributed by atoms with Crippen LogP contribution in [-0.2, 0) is 16.1 Å². The topological polar surface area (TPSA) is 107 Å². The molecule has 0 saturated heterocycles. The van der Waals surface area contributed by atoms with Gasteiger partial charge in [0.1, 0.15) is 24.0 Å². The fourth-order valence-corrected chi connectivity index (χ4v) is 2.55. The van der Waals surface area contributed by atoms with Gasteiger partial charge in [-0.1, -0.05) is 18.2 Å². The van der Waals surface area contributed by atoms with E-state index in [0.29, 0.717) is 11.1 Å². The Hall–Kier alpha value is -3.79. The second-order valence-electron chi connectivity index (χ2n) is 5.46. The number of hydrogen-bond acceptors (Lipinski definition) is 5. The second kappa shape index (κ2) is 7.40. The molecule has 26 heavy (non-hydrogen) atoms. The number of rotatable bonds is 6. The van der Waals surface area contributed by atoms with Crippen molar-refractivity contribution in [2.75, 3.05) is 6.61 Å². The Bertz CT molecular complexity index is 1020. The summed E-state index contributed by atoms with van der Waals surface area (Å²) in [6.07, 6.45) is 3.56. The highest BCUT2D eigenvalue weighted by atomic mass is 16.5. The number of nitriles is 1. The van der Waals surface area contributed by atoms with Crippen molar-refractivity contribution < 1.29 is 19.1 Å². The van der Waals surface area contributed by atoms with Gasteiger partial charge in [-0.15, -0.1) is 0 Å². The Morgan fingerprint density at radius 3 is 2.69 bits per heavy atom. The lowest BCUT2D eigenvalue weighted by molar-refractivity contribution is -0.119. The van der Waals surface area contributed by atoms with Crippen LogP contribution in [0.5, 0.6) is 5.75 Å². The molecule has 3 aromatic rings. The fourth-order valence-electron chi connectivity index (χ4n) is 2.55. The van der Waals surface area contributed by atoms with Crippen LogP contribution in [0.3, 0.4) is 0 Å². The van der Waals surface area contributed by atoms with Gasteiger partial charge in [0.25, 0.3) is 5.91 Å². The summed E-state index contributed by atoms with van der Waals surface area (Å²) in [6, 6.07) is 14.0. The van der Waals surface area contributed by atoms with E-state index in [2.05, 4.69) is 6.07 Å². The van der Waals surface area contributed by atoms with Crippen LogP contribution >= 0.6 is 0 Å². The number of benzene rings is 1. The van der Waals surface area contributed by atoms with E-state index in [-0.39, 0.29) is 24.5 Å². The van der Waals surface area contributed by atoms with Crippen LogP contribution in [0.25, 0.3) is 5.52 Å². The predicted molar refractivity (Wildman–Crippen MR) is 92.4 cm³/mol. The minimum atomic E-state index is -0.646. The molecule has 1 aromatic carbocycles. The number of aromatic nitrogens is 1. The maximum absolute atomic E-state index is 12.4. The van der Waals surface area contributed by atoms with E-state index < -0.39 is 11.9 Å². The molecule has 0 aliphatic rings. The molecule has 0 saturated carbocycles. The van der Waals surface area contributed by atoms with Gasteiger partial charge in [0.05, 0.1) is 11.1 Å². The molecule has 0 unspecified atom stereocenters. The average molecular weight is 349 g/mol. The molecule has 0 aliphatic carbocycles. The van der Waals surface area contributed by atoms with Crippen molar-refractivity contribution in [1.82, 2.24) is 4.40 Å². The standard InChI is InChI=1S/C19H15N3O4/c20-9-15-13(10-22-8-4-3-6-16(15)22)11-26-19(24)14-5-1-2-7-17(14)25-12-18(21)23/h1-8,10H,11-12H2,(H2,21,23). The zero-order valence-corrected chi connectivity index (χ0v) is 13.7. The van der Waals surface area contributed by atoms with Crippen LogP contribution in [0.1, 0.15) is 21.5 Å². The number of nitrogens with zero attached hydrogens (tertiary/aromatic N) is 2. The van der Waals surface area contributed by atoms with Crippen molar-refractivity contribution in [3.63, 3.8) is 0 Å². The van der Waals surface area contributed by atoms with E-state index in [0.717, 1.165) is 5.52 Å². The Kier molecular flexibility index (Phi) is 4.85. The minimum absolute atomic E-state index is 0.0619. The molecular formula is C19H15N3O4. The van der Waals surface area contributed by atoms with E-state index in [1.165, 1.54) is 6.07 Å². The SMILES string of the molecule is N#Cc1c(COC(=O)c2ccccc2OCC(N)=O)cn2ccccc12. The number of esters is 1. The van der Waals surface area contributed by atoms with Crippen LogP contribution in [0.15, 0.2) is 54.9 Å². The molecule has 0 radical (unpaired) electrons. The van der Waals surface area contributed by atoms with Gasteiger partial charge < -0.3 is 19.6 Å². The lowest BCUT2D eigenvalue weighted by Crippen LogP contribution is -2.21. The summed E-state index contributed by atoms with van der Waals surface area (Å²) in [6.45, 7) is -0.401. The number of nitrogens with two attached hydrogens (primary N) is 1. The summed E-state index contributed by atoms with van der Waals surface area (Å²) in [4.78, 5) is 23.3. The van der Waals surface area contributed by atoms with Crippen molar-refractivity contribution in [1.29, 1.82) is 5.26 Å². The number of carbonyl (C=O) groups is 2. The van der Waals surface area contributed by atoms with Gasteiger partial charge in [0.2, 0.25) is 0 Å². The van der Waals surface area contributed by atoms with Crippen LogP contribution in [0.4, 0.5) is 0 Å². The number of amides is 1. The first kappa shape index (κ1) is 17.0. The number of para-hydroxylation sites is 1.